The lowest BCUT2D eigenvalue weighted by Crippen LogP contribution is -2.40. The molecule has 0 radical (unpaired) electrons. The number of rotatable bonds is 2. The van der Waals surface area contributed by atoms with E-state index >= 15 is 0 Å². The molecule has 0 bridgehead atoms. The highest BCUT2D eigenvalue weighted by molar-refractivity contribution is 5.99. The van der Waals surface area contributed by atoms with Crippen molar-refractivity contribution in [2.75, 3.05) is 26.3 Å². The highest BCUT2D eigenvalue weighted by Crippen LogP contribution is 2.19. The molecule has 1 fully saturated rings. The Morgan fingerprint density at radius 1 is 1.33 bits per heavy atom. The highest BCUT2D eigenvalue weighted by Gasteiger charge is 2.23. The molecule has 3 rings (SSSR count). The van der Waals surface area contributed by atoms with Crippen LogP contribution in [0.3, 0.4) is 0 Å². The van der Waals surface area contributed by atoms with Gasteiger partial charge in [0.1, 0.15) is 5.56 Å². The number of morpholine rings is 1. The Hall–Kier alpha value is -1.95. The number of amides is 1. The Bertz CT molecular complexity index is 687. The summed E-state index contributed by atoms with van der Waals surface area (Å²) in [5, 5.41) is 4.36. The van der Waals surface area contributed by atoms with Gasteiger partial charge in [0.25, 0.3) is 5.91 Å². The van der Waals surface area contributed by atoms with Gasteiger partial charge >= 0.3 is 0 Å². The number of aryl methyl sites for hydroxylation is 2. The fourth-order valence-electron chi connectivity index (χ4n) is 2.91. The molecule has 2 aromatic heterocycles. The van der Waals surface area contributed by atoms with E-state index in [2.05, 4.69) is 17.0 Å². The number of carbonyl (C=O) groups is 1. The van der Waals surface area contributed by atoms with E-state index in [4.69, 9.17) is 4.74 Å². The summed E-state index contributed by atoms with van der Waals surface area (Å²) in [5.41, 5.74) is 4.44. The number of fused-ring (bicyclic) bond motifs is 1. The smallest absolute Gasteiger partial charge is 0.259 e. The number of nitrogens with zero attached hydrogens (tertiary/aromatic N) is 4. The minimum Gasteiger partial charge on any atom is -0.378 e. The van der Waals surface area contributed by atoms with Gasteiger partial charge in [0, 0.05) is 24.5 Å². The van der Waals surface area contributed by atoms with Crippen molar-refractivity contribution in [3.63, 3.8) is 0 Å². The van der Waals surface area contributed by atoms with Crippen LogP contribution in [0.2, 0.25) is 0 Å². The van der Waals surface area contributed by atoms with Crippen LogP contribution in [0, 0.1) is 13.8 Å². The van der Waals surface area contributed by atoms with Crippen LogP contribution in [0.4, 0.5) is 0 Å². The van der Waals surface area contributed by atoms with Crippen LogP contribution in [0.1, 0.15) is 34.2 Å². The fourth-order valence-corrected chi connectivity index (χ4v) is 2.91. The van der Waals surface area contributed by atoms with Crippen LogP contribution in [0.15, 0.2) is 6.20 Å². The quantitative estimate of drug-likeness (QED) is 0.837. The summed E-state index contributed by atoms with van der Waals surface area (Å²) in [7, 11) is 0. The van der Waals surface area contributed by atoms with Gasteiger partial charge in [-0.25, -0.2) is 9.50 Å². The number of hydrogen-bond acceptors (Lipinski definition) is 4. The van der Waals surface area contributed by atoms with Crippen molar-refractivity contribution in [2.45, 2.75) is 27.2 Å². The molecule has 0 N–H and O–H groups in total. The summed E-state index contributed by atoms with van der Waals surface area (Å²) in [6, 6.07) is 0. The molecule has 1 aliphatic rings. The lowest BCUT2D eigenvalue weighted by atomic mass is 10.1. The molecule has 0 unspecified atom stereocenters. The van der Waals surface area contributed by atoms with E-state index < -0.39 is 0 Å². The fraction of sp³-hybridized carbons (Fsp3) is 0.533. The Morgan fingerprint density at radius 3 is 2.71 bits per heavy atom. The van der Waals surface area contributed by atoms with Crippen molar-refractivity contribution in [3.05, 3.63) is 28.7 Å². The molecule has 2 aromatic rings. The van der Waals surface area contributed by atoms with Crippen LogP contribution in [0.25, 0.3) is 5.65 Å². The molecule has 0 saturated carbocycles. The van der Waals surface area contributed by atoms with Crippen molar-refractivity contribution >= 4 is 11.6 Å². The average Bonchev–Trinajstić information content (AvgIpc) is 2.91. The molecular formula is C15H20N4O2. The van der Waals surface area contributed by atoms with Gasteiger partial charge in [-0.05, 0) is 25.8 Å². The summed E-state index contributed by atoms with van der Waals surface area (Å²) in [6.45, 7) is 8.56. The van der Waals surface area contributed by atoms with Crippen molar-refractivity contribution in [3.8, 4) is 0 Å². The largest absolute Gasteiger partial charge is 0.378 e. The molecule has 0 atom stereocenters. The van der Waals surface area contributed by atoms with E-state index in [9.17, 15) is 4.79 Å². The lowest BCUT2D eigenvalue weighted by Gasteiger charge is -2.26. The second kappa shape index (κ2) is 5.44. The van der Waals surface area contributed by atoms with Gasteiger partial charge in [0.2, 0.25) is 0 Å². The van der Waals surface area contributed by atoms with E-state index in [-0.39, 0.29) is 5.91 Å². The van der Waals surface area contributed by atoms with Crippen molar-refractivity contribution < 1.29 is 9.53 Å². The zero-order valence-electron chi connectivity index (χ0n) is 12.7. The molecule has 112 valence electrons. The van der Waals surface area contributed by atoms with Gasteiger partial charge in [-0.3, -0.25) is 4.79 Å². The van der Waals surface area contributed by atoms with E-state index in [1.54, 1.807) is 15.6 Å². The van der Waals surface area contributed by atoms with Crippen LogP contribution >= 0.6 is 0 Å². The molecular weight excluding hydrogens is 268 g/mol. The Morgan fingerprint density at radius 2 is 2.05 bits per heavy atom. The van der Waals surface area contributed by atoms with E-state index in [0.29, 0.717) is 37.5 Å². The van der Waals surface area contributed by atoms with Crippen LogP contribution in [-0.4, -0.2) is 51.7 Å². The Labute approximate surface area is 123 Å². The zero-order chi connectivity index (χ0) is 15.0. The molecule has 1 amide bonds. The monoisotopic (exact) mass is 288 g/mol. The number of aromatic nitrogens is 3. The van der Waals surface area contributed by atoms with E-state index in [1.165, 1.54) is 5.56 Å². The topological polar surface area (TPSA) is 59.7 Å². The minimum absolute atomic E-state index is 0.0103. The van der Waals surface area contributed by atoms with E-state index in [0.717, 1.165) is 17.8 Å². The maximum atomic E-state index is 12.6. The number of carbonyl (C=O) groups excluding carboxylic acids is 1. The van der Waals surface area contributed by atoms with Crippen LogP contribution in [0.5, 0.6) is 0 Å². The molecule has 0 spiro atoms. The molecule has 0 aromatic carbocycles. The van der Waals surface area contributed by atoms with Gasteiger partial charge < -0.3 is 9.64 Å². The third-order valence-corrected chi connectivity index (χ3v) is 4.09. The van der Waals surface area contributed by atoms with Crippen molar-refractivity contribution in [1.82, 2.24) is 19.5 Å². The number of hydrogen-bond donors (Lipinski definition) is 0. The normalized spacial score (nSPS) is 15.7. The molecule has 6 heteroatoms. The molecule has 1 aliphatic heterocycles. The van der Waals surface area contributed by atoms with Crippen molar-refractivity contribution in [2.24, 2.45) is 0 Å². The van der Waals surface area contributed by atoms with Gasteiger partial charge in [-0.15, -0.1) is 0 Å². The second-order valence-corrected chi connectivity index (χ2v) is 5.31. The molecule has 1 saturated heterocycles. The minimum atomic E-state index is -0.0103. The SMILES string of the molecule is CCc1c(C)nc2c(C(=O)N3CCOCC3)cnn2c1C. The summed E-state index contributed by atoms with van der Waals surface area (Å²) in [5.74, 6) is -0.0103. The Balaban J connectivity index is 2.06. The standard InChI is InChI=1S/C15H20N4O2/c1-4-12-10(2)17-14-13(9-16-19(14)11(12)3)15(20)18-5-7-21-8-6-18/h9H,4-8H2,1-3H3. The van der Waals surface area contributed by atoms with Gasteiger partial charge in [-0.1, -0.05) is 6.92 Å². The highest BCUT2D eigenvalue weighted by atomic mass is 16.5. The zero-order valence-corrected chi connectivity index (χ0v) is 12.7. The summed E-state index contributed by atoms with van der Waals surface area (Å²) in [6.07, 6.45) is 2.54. The lowest BCUT2D eigenvalue weighted by molar-refractivity contribution is 0.0304. The first-order valence-electron chi connectivity index (χ1n) is 7.34. The summed E-state index contributed by atoms with van der Waals surface area (Å²) < 4.78 is 7.07. The summed E-state index contributed by atoms with van der Waals surface area (Å²) >= 11 is 0. The van der Waals surface area contributed by atoms with E-state index in [1.807, 2.05) is 13.8 Å². The summed E-state index contributed by atoms with van der Waals surface area (Å²) in [4.78, 5) is 19.0. The average molecular weight is 288 g/mol. The predicted octanol–water partition coefficient (Wildman–Crippen LogP) is 1.38. The second-order valence-electron chi connectivity index (χ2n) is 5.31. The van der Waals surface area contributed by atoms with Gasteiger partial charge in [0.05, 0.1) is 19.4 Å². The molecule has 21 heavy (non-hydrogen) atoms. The first kappa shape index (κ1) is 14.0. The third-order valence-electron chi connectivity index (χ3n) is 4.09. The van der Waals surface area contributed by atoms with Gasteiger partial charge in [-0.2, -0.15) is 5.10 Å². The molecule has 0 aliphatic carbocycles. The van der Waals surface area contributed by atoms with Crippen LogP contribution < -0.4 is 0 Å². The predicted molar refractivity (Wildman–Crippen MR) is 78.6 cm³/mol. The maximum Gasteiger partial charge on any atom is 0.259 e. The van der Waals surface area contributed by atoms with Gasteiger partial charge in [0.15, 0.2) is 5.65 Å². The first-order valence-corrected chi connectivity index (χ1v) is 7.34. The Kier molecular flexibility index (Phi) is 3.63. The van der Waals surface area contributed by atoms with Crippen LogP contribution in [-0.2, 0) is 11.2 Å². The maximum absolute atomic E-state index is 12.6. The molecule has 3 heterocycles. The number of ether oxygens (including phenoxy) is 1. The third kappa shape index (κ3) is 2.29. The first-order chi connectivity index (χ1) is 10.1. The molecule has 6 nitrogen and oxygen atoms in total. The van der Waals surface area contributed by atoms with Crippen molar-refractivity contribution in [1.29, 1.82) is 0 Å².